The van der Waals surface area contributed by atoms with Crippen LogP contribution in [0.15, 0.2) is 29.2 Å². The standard InChI is InChI=1S/C12H16N2O2S/c13-9-2-1-3-12(8-9)17-11-6-4-10(5-7-11)14(15)16/h4-7,9,12H,1-3,8,13H2. The van der Waals surface area contributed by atoms with Gasteiger partial charge in [0.1, 0.15) is 0 Å². The number of thioether (sulfide) groups is 1. The summed E-state index contributed by atoms with van der Waals surface area (Å²) in [5, 5.41) is 11.1. The largest absolute Gasteiger partial charge is 0.328 e. The van der Waals surface area contributed by atoms with Gasteiger partial charge in [0.05, 0.1) is 4.92 Å². The van der Waals surface area contributed by atoms with E-state index < -0.39 is 0 Å². The molecule has 5 heteroatoms. The average molecular weight is 252 g/mol. The van der Waals surface area contributed by atoms with E-state index in [0.29, 0.717) is 11.3 Å². The van der Waals surface area contributed by atoms with Crippen LogP contribution in [0.5, 0.6) is 0 Å². The summed E-state index contributed by atoms with van der Waals surface area (Å²) in [5.74, 6) is 0. The quantitative estimate of drug-likeness (QED) is 0.663. The Balaban J connectivity index is 1.96. The predicted octanol–water partition coefficient (Wildman–Crippen LogP) is 2.96. The summed E-state index contributed by atoms with van der Waals surface area (Å²) in [6.45, 7) is 0. The van der Waals surface area contributed by atoms with Crippen LogP contribution in [0.25, 0.3) is 0 Å². The Labute approximate surface area is 105 Å². The first kappa shape index (κ1) is 12.4. The number of nitro benzene ring substituents is 1. The summed E-state index contributed by atoms with van der Waals surface area (Å²) < 4.78 is 0. The van der Waals surface area contributed by atoms with Gasteiger partial charge in [0.25, 0.3) is 5.69 Å². The van der Waals surface area contributed by atoms with Gasteiger partial charge < -0.3 is 5.73 Å². The Hall–Kier alpha value is -1.07. The van der Waals surface area contributed by atoms with E-state index in [2.05, 4.69) is 0 Å². The molecule has 2 rings (SSSR count). The van der Waals surface area contributed by atoms with E-state index >= 15 is 0 Å². The van der Waals surface area contributed by atoms with Crippen molar-refractivity contribution in [3.63, 3.8) is 0 Å². The number of nitrogens with two attached hydrogens (primary N) is 1. The number of hydrogen-bond acceptors (Lipinski definition) is 4. The summed E-state index contributed by atoms with van der Waals surface area (Å²) >= 11 is 1.79. The van der Waals surface area contributed by atoms with Crippen molar-refractivity contribution in [3.8, 4) is 0 Å². The van der Waals surface area contributed by atoms with Crippen LogP contribution >= 0.6 is 11.8 Å². The molecule has 0 heterocycles. The van der Waals surface area contributed by atoms with E-state index in [9.17, 15) is 10.1 Å². The number of rotatable bonds is 3. The van der Waals surface area contributed by atoms with Crippen molar-refractivity contribution < 1.29 is 4.92 Å². The summed E-state index contributed by atoms with van der Waals surface area (Å²) in [7, 11) is 0. The van der Waals surface area contributed by atoms with Gasteiger partial charge in [0, 0.05) is 28.3 Å². The third-order valence-corrected chi connectivity index (χ3v) is 4.32. The van der Waals surface area contributed by atoms with E-state index in [4.69, 9.17) is 5.73 Å². The molecule has 2 unspecified atom stereocenters. The van der Waals surface area contributed by atoms with Crippen LogP contribution in [0.1, 0.15) is 25.7 Å². The van der Waals surface area contributed by atoms with Crippen LogP contribution in [-0.4, -0.2) is 16.2 Å². The minimum atomic E-state index is -0.370. The molecular weight excluding hydrogens is 236 g/mol. The van der Waals surface area contributed by atoms with E-state index in [-0.39, 0.29) is 10.6 Å². The Morgan fingerprint density at radius 1 is 1.29 bits per heavy atom. The van der Waals surface area contributed by atoms with E-state index in [1.807, 2.05) is 12.1 Å². The van der Waals surface area contributed by atoms with E-state index in [0.717, 1.165) is 17.7 Å². The van der Waals surface area contributed by atoms with Crippen molar-refractivity contribution in [2.45, 2.75) is 41.9 Å². The van der Waals surface area contributed by atoms with Crippen molar-refractivity contribution >= 4 is 17.4 Å². The first-order chi connectivity index (χ1) is 8.15. The molecule has 0 bridgehead atoms. The minimum Gasteiger partial charge on any atom is -0.328 e. The first-order valence-electron chi connectivity index (χ1n) is 5.82. The summed E-state index contributed by atoms with van der Waals surface area (Å²) in [6.07, 6.45) is 4.54. The third-order valence-electron chi connectivity index (χ3n) is 3.02. The molecule has 1 aromatic rings. The van der Waals surface area contributed by atoms with Crippen molar-refractivity contribution in [2.24, 2.45) is 5.73 Å². The second kappa shape index (κ2) is 5.51. The fourth-order valence-electron chi connectivity index (χ4n) is 2.13. The fraction of sp³-hybridized carbons (Fsp3) is 0.500. The lowest BCUT2D eigenvalue weighted by molar-refractivity contribution is -0.384. The van der Waals surface area contributed by atoms with Gasteiger partial charge in [-0.3, -0.25) is 10.1 Å². The Morgan fingerprint density at radius 3 is 2.59 bits per heavy atom. The number of nitro groups is 1. The summed E-state index contributed by atoms with van der Waals surface area (Å²) in [5.41, 5.74) is 6.09. The molecule has 0 radical (unpaired) electrons. The highest BCUT2D eigenvalue weighted by Crippen LogP contribution is 2.33. The highest BCUT2D eigenvalue weighted by atomic mass is 32.2. The topological polar surface area (TPSA) is 69.2 Å². The number of benzene rings is 1. The zero-order chi connectivity index (χ0) is 12.3. The van der Waals surface area contributed by atoms with Gasteiger partial charge in [0.15, 0.2) is 0 Å². The van der Waals surface area contributed by atoms with Crippen LogP contribution in [0, 0.1) is 10.1 Å². The van der Waals surface area contributed by atoms with Crippen molar-refractivity contribution in [1.29, 1.82) is 0 Å². The van der Waals surface area contributed by atoms with Gasteiger partial charge in [-0.1, -0.05) is 6.42 Å². The second-order valence-electron chi connectivity index (χ2n) is 4.42. The summed E-state index contributed by atoms with van der Waals surface area (Å²) in [4.78, 5) is 11.2. The molecule has 0 spiro atoms. The maximum Gasteiger partial charge on any atom is 0.269 e. The van der Waals surface area contributed by atoms with Gasteiger partial charge >= 0.3 is 0 Å². The fourth-order valence-corrected chi connectivity index (χ4v) is 3.43. The Morgan fingerprint density at radius 2 is 2.00 bits per heavy atom. The van der Waals surface area contributed by atoms with Crippen LogP contribution in [0.4, 0.5) is 5.69 Å². The van der Waals surface area contributed by atoms with E-state index in [1.54, 1.807) is 23.9 Å². The highest BCUT2D eigenvalue weighted by Gasteiger charge is 2.20. The maximum absolute atomic E-state index is 10.5. The van der Waals surface area contributed by atoms with E-state index in [1.165, 1.54) is 12.8 Å². The normalized spacial score (nSPS) is 24.5. The third kappa shape index (κ3) is 3.44. The molecule has 4 nitrogen and oxygen atoms in total. The van der Waals surface area contributed by atoms with Gasteiger partial charge in [0.2, 0.25) is 0 Å². The lowest BCUT2D eigenvalue weighted by Crippen LogP contribution is -2.29. The lowest BCUT2D eigenvalue weighted by Gasteiger charge is -2.25. The van der Waals surface area contributed by atoms with Gasteiger partial charge in [-0.15, -0.1) is 11.8 Å². The zero-order valence-corrected chi connectivity index (χ0v) is 10.4. The molecule has 0 aliphatic heterocycles. The first-order valence-corrected chi connectivity index (χ1v) is 6.70. The molecule has 17 heavy (non-hydrogen) atoms. The molecule has 1 fully saturated rings. The lowest BCUT2D eigenvalue weighted by atomic mass is 9.96. The Bertz CT molecular complexity index is 394. The molecular formula is C12H16N2O2S. The molecule has 0 amide bonds. The molecule has 0 saturated heterocycles. The van der Waals surface area contributed by atoms with Gasteiger partial charge in [-0.25, -0.2) is 0 Å². The molecule has 1 saturated carbocycles. The monoisotopic (exact) mass is 252 g/mol. The number of non-ortho nitro benzene ring substituents is 1. The molecule has 2 atom stereocenters. The SMILES string of the molecule is NC1CCCC(Sc2ccc([N+](=O)[O-])cc2)C1. The zero-order valence-electron chi connectivity index (χ0n) is 9.54. The van der Waals surface area contributed by atoms with Crippen LogP contribution in [0.3, 0.4) is 0 Å². The number of hydrogen-bond donors (Lipinski definition) is 1. The van der Waals surface area contributed by atoms with Gasteiger partial charge in [-0.2, -0.15) is 0 Å². The average Bonchev–Trinajstić information content (AvgIpc) is 2.29. The van der Waals surface area contributed by atoms with Crippen LogP contribution in [0.2, 0.25) is 0 Å². The summed E-state index contributed by atoms with van der Waals surface area (Å²) in [6, 6.07) is 7.08. The Kier molecular flexibility index (Phi) is 4.02. The van der Waals surface area contributed by atoms with Crippen molar-refractivity contribution in [1.82, 2.24) is 0 Å². The number of nitrogens with zero attached hydrogens (tertiary/aromatic N) is 1. The van der Waals surface area contributed by atoms with Gasteiger partial charge in [-0.05, 0) is 31.4 Å². The molecule has 2 N–H and O–H groups in total. The van der Waals surface area contributed by atoms with Crippen LogP contribution in [-0.2, 0) is 0 Å². The molecule has 1 aromatic carbocycles. The maximum atomic E-state index is 10.5. The molecule has 1 aliphatic rings. The smallest absolute Gasteiger partial charge is 0.269 e. The van der Waals surface area contributed by atoms with Crippen molar-refractivity contribution in [2.75, 3.05) is 0 Å². The highest BCUT2D eigenvalue weighted by molar-refractivity contribution is 8.00. The molecule has 0 aromatic heterocycles. The minimum absolute atomic E-state index is 0.148. The molecule has 1 aliphatic carbocycles. The predicted molar refractivity (Wildman–Crippen MR) is 69.2 cm³/mol. The van der Waals surface area contributed by atoms with Crippen LogP contribution < -0.4 is 5.73 Å². The second-order valence-corrected chi connectivity index (χ2v) is 5.79. The molecule has 92 valence electrons. The van der Waals surface area contributed by atoms with Crippen molar-refractivity contribution in [3.05, 3.63) is 34.4 Å².